The molecule has 0 atom stereocenters. The molecule has 0 aromatic heterocycles. The fraction of sp³-hybridized carbons (Fsp3) is 0.471. The molecule has 0 aliphatic rings. The highest BCUT2D eigenvalue weighted by atomic mass is 28.4. The Bertz CT molecular complexity index is 542. The van der Waals surface area contributed by atoms with Gasteiger partial charge in [0.2, 0.25) is 0 Å². The molecule has 0 unspecified atom stereocenters. The topological polar surface area (TPSA) is 35.5 Å². The second kappa shape index (κ2) is 6.93. The van der Waals surface area contributed by atoms with E-state index in [1.807, 2.05) is 24.3 Å². The Morgan fingerprint density at radius 3 is 2.24 bits per heavy atom. The number of methoxy groups -OCH3 is 1. The van der Waals surface area contributed by atoms with Crippen LogP contribution in [0.1, 0.15) is 31.9 Å². The van der Waals surface area contributed by atoms with Gasteiger partial charge in [-0.15, -0.1) is 0 Å². The van der Waals surface area contributed by atoms with E-state index in [1.54, 1.807) is 0 Å². The number of rotatable bonds is 3. The lowest BCUT2D eigenvalue weighted by molar-refractivity contribution is -0.133. The predicted octanol–water partition coefficient (Wildman–Crippen LogP) is 3.73. The van der Waals surface area contributed by atoms with E-state index in [-0.39, 0.29) is 5.04 Å². The third-order valence-corrected chi connectivity index (χ3v) is 8.33. The van der Waals surface area contributed by atoms with Gasteiger partial charge in [-0.25, -0.2) is 4.79 Å². The summed E-state index contributed by atoms with van der Waals surface area (Å²) >= 11 is 0. The summed E-state index contributed by atoms with van der Waals surface area (Å²) < 4.78 is 10.6. The molecule has 0 bridgehead atoms. The first-order valence-corrected chi connectivity index (χ1v) is 9.89. The molecule has 0 N–H and O–H groups in total. The minimum absolute atomic E-state index is 0.207. The molecular weight excluding hydrogens is 280 g/mol. The van der Waals surface area contributed by atoms with Crippen LogP contribution in [0.25, 0.3) is 0 Å². The normalized spacial score (nSPS) is 11.5. The molecule has 1 rings (SSSR count). The summed E-state index contributed by atoms with van der Waals surface area (Å²) in [4.78, 5) is 10.9. The molecule has 1 aromatic carbocycles. The number of ether oxygens (including phenoxy) is 1. The van der Waals surface area contributed by atoms with E-state index in [0.29, 0.717) is 6.61 Å². The van der Waals surface area contributed by atoms with E-state index in [2.05, 4.69) is 50.4 Å². The Balaban J connectivity index is 2.67. The molecule has 21 heavy (non-hydrogen) atoms. The number of carbonyl (C=O) groups excluding carboxylic acids is 1. The number of hydrogen-bond acceptors (Lipinski definition) is 3. The number of benzene rings is 1. The average molecular weight is 304 g/mol. The van der Waals surface area contributed by atoms with Gasteiger partial charge in [-0.3, -0.25) is 0 Å². The highest BCUT2D eigenvalue weighted by Crippen LogP contribution is 2.37. The van der Waals surface area contributed by atoms with Gasteiger partial charge >= 0.3 is 5.97 Å². The van der Waals surface area contributed by atoms with Crippen LogP contribution in [0, 0.1) is 11.8 Å². The first kappa shape index (κ1) is 17.5. The van der Waals surface area contributed by atoms with Crippen molar-refractivity contribution in [2.45, 2.75) is 45.5 Å². The molecule has 0 heterocycles. The van der Waals surface area contributed by atoms with Gasteiger partial charge in [0, 0.05) is 11.5 Å². The third-order valence-electron chi connectivity index (χ3n) is 3.85. The smallest absolute Gasteiger partial charge is 0.384 e. The lowest BCUT2D eigenvalue weighted by Gasteiger charge is -2.36. The van der Waals surface area contributed by atoms with Crippen LogP contribution in [0.5, 0.6) is 0 Å². The second-order valence-corrected chi connectivity index (χ2v) is 11.3. The number of hydrogen-bond donors (Lipinski definition) is 0. The van der Waals surface area contributed by atoms with Crippen molar-refractivity contribution >= 4 is 14.3 Å². The van der Waals surface area contributed by atoms with Crippen LogP contribution in [0.3, 0.4) is 0 Å². The molecule has 4 heteroatoms. The molecule has 0 spiro atoms. The summed E-state index contributed by atoms with van der Waals surface area (Å²) in [6, 6.07) is 7.74. The van der Waals surface area contributed by atoms with Crippen molar-refractivity contribution < 1.29 is 14.0 Å². The zero-order valence-electron chi connectivity index (χ0n) is 13.7. The maximum absolute atomic E-state index is 10.9. The van der Waals surface area contributed by atoms with Crippen LogP contribution in [-0.4, -0.2) is 21.4 Å². The number of carbonyl (C=O) groups is 1. The molecule has 1 aromatic rings. The van der Waals surface area contributed by atoms with Gasteiger partial charge in [0.15, 0.2) is 8.32 Å². The first-order chi connectivity index (χ1) is 9.65. The maximum Gasteiger partial charge on any atom is 0.384 e. The summed E-state index contributed by atoms with van der Waals surface area (Å²) in [5.41, 5.74) is 1.90. The van der Waals surface area contributed by atoms with E-state index in [4.69, 9.17) is 4.43 Å². The molecule has 0 aliphatic heterocycles. The zero-order valence-corrected chi connectivity index (χ0v) is 14.7. The van der Waals surface area contributed by atoms with Gasteiger partial charge in [-0.1, -0.05) is 38.8 Å². The average Bonchev–Trinajstić information content (AvgIpc) is 2.42. The van der Waals surface area contributed by atoms with Gasteiger partial charge in [0.25, 0.3) is 0 Å². The van der Waals surface area contributed by atoms with Crippen LogP contribution in [0.2, 0.25) is 18.1 Å². The monoisotopic (exact) mass is 304 g/mol. The molecule has 0 amide bonds. The summed E-state index contributed by atoms with van der Waals surface area (Å²) in [6.07, 6.45) is 0. The van der Waals surface area contributed by atoms with Crippen LogP contribution in [-0.2, 0) is 20.6 Å². The van der Waals surface area contributed by atoms with Crippen LogP contribution < -0.4 is 0 Å². The van der Waals surface area contributed by atoms with E-state index in [1.165, 1.54) is 7.11 Å². The Morgan fingerprint density at radius 1 is 1.19 bits per heavy atom. The van der Waals surface area contributed by atoms with Gasteiger partial charge in [-0.05, 0) is 35.8 Å². The Kier molecular flexibility index (Phi) is 5.76. The largest absolute Gasteiger partial charge is 0.459 e. The molecule has 0 saturated heterocycles. The molecule has 0 radical (unpaired) electrons. The predicted molar refractivity (Wildman–Crippen MR) is 87.3 cm³/mol. The standard InChI is InChI=1S/C17H24O3Si/c1-17(2,3)21(5,6)20-13-15-9-7-14(8-10-15)11-12-16(18)19-4/h7-10H,13H2,1-6H3. The minimum Gasteiger partial charge on any atom is -0.459 e. The molecule has 0 saturated carbocycles. The molecule has 114 valence electrons. The highest BCUT2D eigenvalue weighted by molar-refractivity contribution is 6.74. The Hall–Kier alpha value is -1.57. The van der Waals surface area contributed by atoms with Crippen molar-refractivity contribution in [1.29, 1.82) is 0 Å². The van der Waals surface area contributed by atoms with Crippen molar-refractivity contribution in [2.75, 3.05) is 7.11 Å². The second-order valence-electron chi connectivity index (χ2n) is 6.49. The SMILES string of the molecule is COC(=O)C#Cc1ccc(CO[Si](C)(C)C(C)(C)C)cc1. The minimum atomic E-state index is -1.73. The van der Waals surface area contributed by atoms with Crippen molar-refractivity contribution in [3.8, 4) is 11.8 Å². The quantitative estimate of drug-likeness (QED) is 0.485. The van der Waals surface area contributed by atoms with Gasteiger partial charge in [0.05, 0.1) is 13.7 Å². The Labute approximate surface area is 128 Å². The van der Waals surface area contributed by atoms with Crippen molar-refractivity contribution in [2.24, 2.45) is 0 Å². The van der Waals surface area contributed by atoms with Crippen LogP contribution in [0.15, 0.2) is 24.3 Å². The summed E-state index contributed by atoms with van der Waals surface area (Å²) in [5.74, 6) is 4.64. The van der Waals surface area contributed by atoms with Gasteiger partial charge < -0.3 is 9.16 Å². The Morgan fingerprint density at radius 2 is 1.76 bits per heavy atom. The van der Waals surface area contributed by atoms with E-state index < -0.39 is 14.3 Å². The van der Waals surface area contributed by atoms with Crippen LogP contribution >= 0.6 is 0 Å². The first-order valence-electron chi connectivity index (χ1n) is 6.98. The van der Waals surface area contributed by atoms with Gasteiger partial charge in [0.1, 0.15) is 0 Å². The molecular formula is C17H24O3Si. The van der Waals surface area contributed by atoms with Crippen molar-refractivity contribution in [1.82, 2.24) is 0 Å². The van der Waals surface area contributed by atoms with Gasteiger partial charge in [-0.2, -0.15) is 0 Å². The molecule has 0 aliphatic carbocycles. The molecule has 0 fully saturated rings. The van der Waals surface area contributed by atoms with E-state index in [9.17, 15) is 4.79 Å². The summed E-state index contributed by atoms with van der Waals surface area (Å²) in [7, 11) is -0.408. The van der Waals surface area contributed by atoms with Crippen LogP contribution in [0.4, 0.5) is 0 Å². The fourth-order valence-electron chi connectivity index (χ4n) is 1.34. The summed E-state index contributed by atoms with van der Waals surface area (Å²) in [5, 5.41) is 0.207. The summed E-state index contributed by atoms with van der Waals surface area (Å²) in [6.45, 7) is 11.8. The van der Waals surface area contributed by atoms with E-state index in [0.717, 1.165) is 11.1 Å². The lowest BCUT2D eigenvalue weighted by Crippen LogP contribution is -2.40. The van der Waals surface area contributed by atoms with E-state index >= 15 is 0 Å². The van der Waals surface area contributed by atoms with Crippen molar-refractivity contribution in [3.05, 3.63) is 35.4 Å². The lowest BCUT2D eigenvalue weighted by atomic mass is 10.1. The third kappa shape index (κ3) is 5.37. The van der Waals surface area contributed by atoms with Crippen molar-refractivity contribution in [3.63, 3.8) is 0 Å². The highest BCUT2D eigenvalue weighted by Gasteiger charge is 2.36. The maximum atomic E-state index is 10.9. The fourth-order valence-corrected chi connectivity index (χ4v) is 2.30. The zero-order chi connectivity index (χ0) is 16.1. The molecule has 3 nitrogen and oxygen atoms in total. The number of esters is 1.